The molecule has 0 unspecified atom stereocenters. The summed E-state index contributed by atoms with van der Waals surface area (Å²) in [6.07, 6.45) is 1.75. The summed E-state index contributed by atoms with van der Waals surface area (Å²) in [7, 11) is 0. The number of hydrogen-bond donors (Lipinski definition) is 0. The Morgan fingerprint density at radius 2 is 1.79 bits per heavy atom. The topological polar surface area (TPSA) is 36.7 Å². The normalized spacial score (nSPS) is 10.3. The minimum atomic E-state index is 0.156. The molecule has 0 aliphatic carbocycles. The van der Waals surface area contributed by atoms with Crippen LogP contribution in [-0.2, 0) is 6.42 Å². The number of nitrogens with zero attached hydrogens (tertiary/aromatic N) is 2. The molecule has 96 valence electrons. The third-order valence-electron chi connectivity index (χ3n) is 2.47. The summed E-state index contributed by atoms with van der Waals surface area (Å²) in [4.78, 5) is 4.15. The third kappa shape index (κ3) is 3.13. The zero-order valence-electron chi connectivity index (χ0n) is 9.42. The van der Waals surface area contributed by atoms with Crippen molar-refractivity contribution < 1.29 is 0 Å². The first-order valence-corrected chi connectivity index (χ1v) is 6.70. The minimum Gasteiger partial charge on any atom is -0.258 e. The second kappa shape index (κ2) is 5.98. The van der Waals surface area contributed by atoms with Crippen molar-refractivity contribution in [3.05, 3.63) is 50.2 Å². The van der Waals surface area contributed by atoms with Crippen molar-refractivity contribution >= 4 is 46.4 Å². The number of hydrogen-bond acceptors (Lipinski definition) is 2. The van der Waals surface area contributed by atoms with Gasteiger partial charge in [-0.25, -0.2) is 0 Å². The van der Waals surface area contributed by atoms with Crippen LogP contribution in [-0.4, -0.2) is 4.98 Å². The van der Waals surface area contributed by atoms with E-state index in [-0.39, 0.29) is 6.42 Å². The third-order valence-corrected chi connectivity index (χ3v) is 3.82. The molecule has 2 rings (SSSR count). The van der Waals surface area contributed by atoms with E-state index in [9.17, 15) is 0 Å². The summed E-state index contributed by atoms with van der Waals surface area (Å²) in [5.41, 5.74) is 1.87. The van der Waals surface area contributed by atoms with Gasteiger partial charge in [-0.3, -0.25) is 4.98 Å². The quantitative estimate of drug-likeness (QED) is 0.688. The van der Waals surface area contributed by atoms with E-state index in [4.69, 9.17) is 51.7 Å². The van der Waals surface area contributed by atoms with Gasteiger partial charge in [0.2, 0.25) is 0 Å². The van der Waals surface area contributed by atoms with E-state index in [2.05, 4.69) is 4.98 Å². The lowest BCUT2D eigenvalue weighted by atomic mass is 10.1. The van der Waals surface area contributed by atoms with E-state index in [1.807, 2.05) is 6.07 Å². The average molecular weight is 332 g/mol. The number of benzene rings is 1. The molecule has 0 saturated heterocycles. The van der Waals surface area contributed by atoms with Gasteiger partial charge >= 0.3 is 0 Å². The van der Waals surface area contributed by atoms with Gasteiger partial charge in [0.1, 0.15) is 0 Å². The monoisotopic (exact) mass is 330 g/mol. The molecule has 0 spiro atoms. The molecule has 1 heterocycles. The largest absolute Gasteiger partial charge is 0.258 e. The van der Waals surface area contributed by atoms with Crippen molar-refractivity contribution in [3.8, 4) is 17.2 Å². The van der Waals surface area contributed by atoms with Crippen LogP contribution in [0.25, 0.3) is 11.1 Å². The molecule has 0 radical (unpaired) electrons. The molecule has 6 heteroatoms. The van der Waals surface area contributed by atoms with Crippen LogP contribution < -0.4 is 0 Å². The van der Waals surface area contributed by atoms with E-state index < -0.39 is 0 Å². The fourth-order valence-corrected chi connectivity index (χ4v) is 2.53. The second-order valence-electron chi connectivity index (χ2n) is 3.74. The SMILES string of the molecule is N#CCc1ncc(-c2cc(Cl)cc(Cl)c2Cl)cc1Cl. The second-order valence-corrected chi connectivity index (χ2v) is 5.37. The van der Waals surface area contributed by atoms with Crippen LogP contribution >= 0.6 is 46.4 Å². The highest BCUT2D eigenvalue weighted by Crippen LogP contribution is 2.37. The molecule has 0 aliphatic heterocycles. The van der Waals surface area contributed by atoms with Gasteiger partial charge in [-0.15, -0.1) is 0 Å². The minimum absolute atomic E-state index is 0.156. The van der Waals surface area contributed by atoms with E-state index in [1.54, 1.807) is 24.4 Å². The predicted octanol–water partition coefficient (Wildman–Crippen LogP) is 5.43. The molecule has 0 fully saturated rings. The molecule has 0 amide bonds. The number of pyridine rings is 1. The molecule has 1 aromatic heterocycles. The van der Waals surface area contributed by atoms with Gasteiger partial charge < -0.3 is 0 Å². The van der Waals surface area contributed by atoms with E-state index in [0.29, 0.717) is 36.9 Å². The first-order chi connectivity index (χ1) is 9.02. The summed E-state index contributed by atoms with van der Waals surface area (Å²) in [6, 6.07) is 6.94. The first kappa shape index (κ1) is 14.4. The highest BCUT2D eigenvalue weighted by Gasteiger charge is 2.11. The number of aromatic nitrogens is 1. The lowest BCUT2D eigenvalue weighted by Crippen LogP contribution is -1.91. The van der Waals surface area contributed by atoms with Gasteiger partial charge in [0.25, 0.3) is 0 Å². The molecular weight excluding hydrogens is 326 g/mol. The van der Waals surface area contributed by atoms with Gasteiger partial charge in [-0.05, 0) is 18.2 Å². The van der Waals surface area contributed by atoms with Gasteiger partial charge in [0, 0.05) is 22.3 Å². The van der Waals surface area contributed by atoms with Crippen molar-refractivity contribution in [1.29, 1.82) is 5.26 Å². The highest BCUT2D eigenvalue weighted by molar-refractivity contribution is 6.45. The van der Waals surface area contributed by atoms with Gasteiger partial charge in [-0.1, -0.05) is 46.4 Å². The van der Waals surface area contributed by atoms with Crippen LogP contribution in [0.5, 0.6) is 0 Å². The Labute approximate surface area is 130 Å². The van der Waals surface area contributed by atoms with Crippen molar-refractivity contribution in [1.82, 2.24) is 4.98 Å². The predicted molar refractivity (Wildman–Crippen MR) is 79.0 cm³/mol. The molecular formula is C13H6Cl4N2. The molecule has 1 aromatic carbocycles. The maximum atomic E-state index is 8.64. The Hall–Kier alpha value is -0.980. The van der Waals surface area contributed by atoms with Crippen LogP contribution in [0, 0.1) is 11.3 Å². The van der Waals surface area contributed by atoms with Crippen LogP contribution in [0.2, 0.25) is 20.1 Å². The van der Waals surface area contributed by atoms with Gasteiger partial charge in [0.15, 0.2) is 0 Å². The smallest absolute Gasteiger partial charge is 0.0789 e. The van der Waals surface area contributed by atoms with Crippen LogP contribution in [0.15, 0.2) is 24.4 Å². The lowest BCUT2D eigenvalue weighted by molar-refractivity contribution is 1.12. The molecule has 2 nitrogen and oxygen atoms in total. The average Bonchev–Trinajstić information content (AvgIpc) is 2.36. The molecule has 2 aromatic rings. The molecule has 0 aliphatic rings. The summed E-state index contributed by atoms with van der Waals surface area (Å²) < 4.78 is 0. The summed E-state index contributed by atoms with van der Waals surface area (Å²) in [5.74, 6) is 0. The van der Waals surface area contributed by atoms with E-state index in [1.165, 1.54) is 0 Å². The van der Waals surface area contributed by atoms with Crippen molar-refractivity contribution in [2.24, 2.45) is 0 Å². The van der Waals surface area contributed by atoms with Crippen LogP contribution in [0.1, 0.15) is 5.69 Å². The Morgan fingerprint density at radius 1 is 1.05 bits per heavy atom. The van der Waals surface area contributed by atoms with Gasteiger partial charge in [-0.2, -0.15) is 5.26 Å². The van der Waals surface area contributed by atoms with Crippen LogP contribution in [0.3, 0.4) is 0 Å². The van der Waals surface area contributed by atoms with Crippen molar-refractivity contribution in [2.45, 2.75) is 6.42 Å². The summed E-state index contributed by atoms with van der Waals surface area (Å²) in [5, 5.41) is 10.3. The fourth-order valence-electron chi connectivity index (χ4n) is 1.58. The molecule has 0 saturated carbocycles. The fraction of sp³-hybridized carbons (Fsp3) is 0.0769. The zero-order valence-corrected chi connectivity index (χ0v) is 12.4. The van der Waals surface area contributed by atoms with E-state index in [0.717, 1.165) is 0 Å². The Morgan fingerprint density at radius 3 is 2.42 bits per heavy atom. The standard InChI is InChI=1S/C13H6Cl4N2/c14-8-4-9(13(17)11(16)5-8)7-3-10(15)12(1-2-18)19-6-7/h3-6H,1H2. The summed E-state index contributed by atoms with van der Waals surface area (Å²) in [6.45, 7) is 0. The lowest BCUT2D eigenvalue weighted by Gasteiger charge is -2.08. The maximum absolute atomic E-state index is 8.64. The van der Waals surface area contributed by atoms with Crippen molar-refractivity contribution in [3.63, 3.8) is 0 Å². The van der Waals surface area contributed by atoms with E-state index >= 15 is 0 Å². The highest BCUT2D eigenvalue weighted by atomic mass is 35.5. The molecule has 0 atom stereocenters. The Bertz CT molecular complexity index is 677. The molecule has 19 heavy (non-hydrogen) atoms. The summed E-state index contributed by atoms with van der Waals surface area (Å²) >= 11 is 24.1. The number of rotatable bonds is 2. The number of halogens is 4. The Balaban J connectivity index is 2.54. The zero-order chi connectivity index (χ0) is 14.0. The molecule has 0 N–H and O–H groups in total. The van der Waals surface area contributed by atoms with Gasteiger partial charge in [0.05, 0.1) is 33.3 Å². The maximum Gasteiger partial charge on any atom is 0.0789 e. The molecule has 0 bridgehead atoms. The Kier molecular flexibility index (Phi) is 4.54. The number of nitriles is 1. The first-order valence-electron chi connectivity index (χ1n) is 5.19. The van der Waals surface area contributed by atoms with Crippen molar-refractivity contribution in [2.75, 3.05) is 0 Å². The van der Waals surface area contributed by atoms with Crippen LogP contribution in [0.4, 0.5) is 0 Å².